The molecule has 2 aliphatic heterocycles. The molecule has 0 amide bonds. The lowest BCUT2D eigenvalue weighted by atomic mass is 9.79. The van der Waals surface area contributed by atoms with Crippen molar-refractivity contribution in [2.45, 2.75) is 64.3 Å². The molecule has 1 aromatic carbocycles. The molecule has 1 fully saturated rings. The Morgan fingerprint density at radius 1 is 1.06 bits per heavy atom. The Bertz CT molecular complexity index is 1090. The number of piperidine rings is 1. The second-order valence-electron chi connectivity index (χ2n) is 10.1. The van der Waals surface area contributed by atoms with Crippen LogP contribution in [-0.4, -0.2) is 44.3 Å². The summed E-state index contributed by atoms with van der Waals surface area (Å²) in [6.45, 7) is 9.57. The van der Waals surface area contributed by atoms with Gasteiger partial charge in [-0.05, 0) is 57.7 Å². The van der Waals surface area contributed by atoms with Gasteiger partial charge >= 0.3 is 0 Å². The van der Waals surface area contributed by atoms with Crippen LogP contribution < -0.4 is 15.0 Å². The fourth-order valence-electron chi connectivity index (χ4n) is 5.23. The number of ether oxygens (including phenoxy) is 1. The van der Waals surface area contributed by atoms with Crippen LogP contribution in [0.4, 0.5) is 5.82 Å². The number of aromatic amines is 1. The first kappa shape index (κ1) is 20.0. The highest BCUT2D eigenvalue weighted by molar-refractivity contribution is 5.75. The Morgan fingerprint density at radius 3 is 2.55 bits per heavy atom. The third-order valence-corrected chi connectivity index (χ3v) is 6.36. The highest BCUT2D eigenvalue weighted by Gasteiger charge is 2.39. The molecule has 0 unspecified atom stereocenters. The number of hydrogen-bond donors (Lipinski definition) is 2. The third-order valence-electron chi connectivity index (χ3n) is 6.36. The topological polar surface area (TPSA) is 79.0 Å². The van der Waals surface area contributed by atoms with Gasteiger partial charge in [-0.2, -0.15) is 10.1 Å². The van der Waals surface area contributed by atoms with Crippen LogP contribution in [0.25, 0.3) is 22.4 Å². The summed E-state index contributed by atoms with van der Waals surface area (Å²) in [6, 6.07) is 6.73. The van der Waals surface area contributed by atoms with E-state index < -0.39 is 0 Å². The van der Waals surface area contributed by atoms with E-state index in [9.17, 15) is 0 Å². The zero-order chi connectivity index (χ0) is 21.8. The number of fused-ring (bicyclic) bond motifs is 3. The van der Waals surface area contributed by atoms with E-state index in [1.807, 2.05) is 18.6 Å². The monoisotopic (exact) mass is 418 g/mol. The van der Waals surface area contributed by atoms with Gasteiger partial charge in [-0.15, -0.1) is 0 Å². The van der Waals surface area contributed by atoms with Crippen molar-refractivity contribution in [2.24, 2.45) is 0 Å². The number of benzene rings is 1. The Morgan fingerprint density at radius 2 is 1.84 bits per heavy atom. The van der Waals surface area contributed by atoms with Crippen LogP contribution in [0.2, 0.25) is 0 Å². The summed E-state index contributed by atoms with van der Waals surface area (Å²) in [5.41, 5.74) is 5.32. The molecule has 0 spiro atoms. The Hall–Kier alpha value is -2.93. The van der Waals surface area contributed by atoms with Gasteiger partial charge in [0.15, 0.2) is 5.82 Å². The summed E-state index contributed by atoms with van der Waals surface area (Å²) >= 11 is 0. The first-order valence-corrected chi connectivity index (χ1v) is 10.9. The highest BCUT2D eigenvalue weighted by Crippen LogP contribution is 2.38. The van der Waals surface area contributed by atoms with Crippen LogP contribution in [0.15, 0.2) is 36.8 Å². The number of H-pyrrole nitrogens is 1. The average molecular weight is 419 g/mol. The molecule has 3 aromatic rings. The first-order valence-electron chi connectivity index (χ1n) is 10.9. The Labute approximate surface area is 183 Å². The van der Waals surface area contributed by atoms with Gasteiger partial charge in [0.05, 0.1) is 12.4 Å². The van der Waals surface area contributed by atoms with Crippen LogP contribution in [0, 0.1) is 0 Å². The molecule has 0 bridgehead atoms. The van der Waals surface area contributed by atoms with Gasteiger partial charge in [0.1, 0.15) is 12.3 Å². The van der Waals surface area contributed by atoms with E-state index in [1.165, 1.54) is 0 Å². The lowest BCUT2D eigenvalue weighted by Crippen LogP contribution is -2.62. The van der Waals surface area contributed by atoms with Crippen molar-refractivity contribution in [1.82, 2.24) is 25.5 Å². The van der Waals surface area contributed by atoms with Gasteiger partial charge in [-0.3, -0.25) is 5.10 Å². The standard InChI is InChI=1S/C24H30N6O/c1-23(2)9-18(10-24(3,4)29-23)30(5)20-13-25-21-19-7-6-15(17-11-26-27-12-17)8-16(19)14-31-22(21)28-20/h6-8,11-13,18,29H,9-10,14H2,1-5H3,(H,26,27). The number of rotatable bonds is 3. The highest BCUT2D eigenvalue weighted by atomic mass is 16.5. The van der Waals surface area contributed by atoms with E-state index in [2.05, 4.69) is 73.4 Å². The van der Waals surface area contributed by atoms with Crippen LogP contribution in [-0.2, 0) is 6.61 Å². The number of anilines is 1. The van der Waals surface area contributed by atoms with E-state index in [4.69, 9.17) is 14.7 Å². The van der Waals surface area contributed by atoms with E-state index in [0.717, 1.165) is 46.6 Å². The fourth-order valence-corrected chi connectivity index (χ4v) is 5.23. The van der Waals surface area contributed by atoms with Crippen molar-refractivity contribution in [3.8, 4) is 28.3 Å². The van der Waals surface area contributed by atoms with Gasteiger partial charge < -0.3 is 15.0 Å². The molecule has 1 saturated heterocycles. The maximum atomic E-state index is 6.05. The fraction of sp³-hybridized carbons (Fsp3) is 0.458. The largest absolute Gasteiger partial charge is 0.471 e. The molecule has 4 heterocycles. The second-order valence-corrected chi connectivity index (χ2v) is 10.1. The first-order chi connectivity index (χ1) is 14.7. The molecule has 31 heavy (non-hydrogen) atoms. The average Bonchev–Trinajstić information content (AvgIpc) is 3.25. The van der Waals surface area contributed by atoms with Crippen molar-refractivity contribution in [1.29, 1.82) is 0 Å². The van der Waals surface area contributed by atoms with Gasteiger partial charge in [-0.1, -0.05) is 12.1 Å². The molecule has 0 radical (unpaired) electrons. The molecule has 0 aliphatic carbocycles. The SMILES string of the molecule is CN(c1cnc2c(n1)OCc1cc(-c3cn[nH]c3)ccc1-2)C1CC(C)(C)NC(C)(C)C1. The van der Waals surface area contributed by atoms with Gasteiger partial charge in [0.25, 0.3) is 0 Å². The smallest absolute Gasteiger partial charge is 0.242 e. The van der Waals surface area contributed by atoms with E-state index in [0.29, 0.717) is 18.5 Å². The summed E-state index contributed by atoms with van der Waals surface area (Å²) in [4.78, 5) is 11.9. The maximum absolute atomic E-state index is 6.05. The molecule has 7 nitrogen and oxygen atoms in total. The maximum Gasteiger partial charge on any atom is 0.242 e. The molecule has 162 valence electrons. The zero-order valence-electron chi connectivity index (χ0n) is 18.9. The van der Waals surface area contributed by atoms with Gasteiger partial charge in [-0.25, -0.2) is 4.98 Å². The van der Waals surface area contributed by atoms with Crippen LogP contribution in [0.1, 0.15) is 46.1 Å². The van der Waals surface area contributed by atoms with Crippen LogP contribution in [0.3, 0.4) is 0 Å². The molecular formula is C24H30N6O. The second kappa shape index (κ2) is 7.05. The number of aromatic nitrogens is 4. The summed E-state index contributed by atoms with van der Waals surface area (Å²) in [5.74, 6) is 1.47. The molecule has 2 aromatic heterocycles. The molecular weight excluding hydrogens is 388 g/mol. The number of nitrogens with one attached hydrogen (secondary N) is 2. The Balaban J connectivity index is 1.43. The quantitative estimate of drug-likeness (QED) is 0.665. The summed E-state index contributed by atoms with van der Waals surface area (Å²) in [7, 11) is 2.12. The predicted octanol–water partition coefficient (Wildman–Crippen LogP) is 4.17. The van der Waals surface area contributed by atoms with E-state index in [-0.39, 0.29) is 11.1 Å². The van der Waals surface area contributed by atoms with Crippen molar-refractivity contribution >= 4 is 5.82 Å². The lowest BCUT2D eigenvalue weighted by molar-refractivity contribution is 0.160. The summed E-state index contributed by atoms with van der Waals surface area (Å²) in [5, 5.41) is 10.7. The third kappa shape index (κ3) is 3.78. The molecule has 7 heteroatoms. The van der Waals surface area contributed by atoms with Crippen LogP contribution in [0.5, 0.6) is 5.88 Å². The number of hydrogen-bond acceptors (Lipinski definition) is 6. The zero-order valence-corrected chi connectivity index (χ0v) is 18.9. The molecule has 2 aliphatic rings. The molecule has 2 N–H and O–H groups in total. The van der Waals surface area contributed by atoms with Crippen LogP contribution >= 0.6 is 0 Å². The summed E-state index contributed by atoms with van der Waals surface area (Å²) in [6.07, 6.45) is 7.69. The van der Waals surface area contributed by atoms with E-state index in [1.54, 1.807) is 0 Å². The van der Waals surface area contributed by atoms with Crippen molar-refractivity contribution < 1.29 is 4.74 Å². The van der Waals surface area contributed by atoms with Gasteiger partial charge in [0, 0.05) is 41.5 Å². The normalized spacial score (nSPS) is 19.3. The van der Waals surface area contributed by atoms with E-state index >= 15 is 0 Å². The van der Waals surface area contributed by atoms with Gasteiger partial charge in [0.2, 0.25) is 5.88 Å². The molecule has 5 rings (SSSR count). The predicted molar refractivity (Wildman–Crippen MR) is 122 cm³/mol. The van der Waals surface area contributed by atoms with Crippen molar-refractivity contribution in [2.75, 3.05) is 11.9 Å². The Kier molecular flexibility index (Phi) is 4.55. The number of nitrogens with zero attached hydrogens (tertiary/aromatic N) is 4. The minimum atomic E-state index is 0.0739. The summed E-state index contributed by atoms with van der Waals surface area (Å²) < 4.78 is 6.05. The van der Waals surface area contributed by atoms with Crippen molar-refractivity contribution in [3.05, 3.63) is 42.4 Å². The molecule has 0 atom stereocenters. The minimum Gasteiger partial charge on any atom is -0.471 e. The lowest BCUT2D eigenvalue weighted by Gasteiger charge is -2.49. The minimum absolute atomic E-state index is 0.0739. The molecule has 0 saturated carbocycles. The van der Waals surface area contributed by atoms with Crippen molar-refractivity contribution in [3.63, 3.8) is 0 Å².